The van der Waals surface area contributed by atoms with Gasteiger partial charge in [0.05, 0.1) is 30.6 Å². The number of nitrogens with one attached hydrogen (secondary N) is 1. The minimum Gasteiger partial charge on any atom is -0.491 e. The van der Waals surface area contributed by atoms with Gasteiger partial charge in [-0.1, -0.05) is 23.7 Å². The Labute approximate surface area is 293 Å². The Balaban J connectivity index is 1.27. The Morgan fingerprint density at radius 3 is 2.76 bits per heavy atom. The van der Waals surface area contributed by atoms with Gasteiger partial charge in [-0.25, -0.2) is 4.79 Å². The molecule has 3 aliphatic heterocycles. The molecule has 0 aliphatic carbocycles. The highest BCUT2D eigenvalue weighted by molar-refractivity contribution is 6.33. The summed E-state index contributed by atoms with van der Waals surface area (Å²) in [6, 6.07) is 10.7. The summed E-state index contributed by atoms with van der Waals surface area (Å²) in [5.74, 6) is 0.549. The molecule has 1 N–H and O–H groups in total. The second-order valence-corrected chi connectivity index (χ2v) is 13.9. The average molecular weight is 684 g/mol. The Morgan fingerprint density at radius 1 is 1.02 bits per heavy atom. The molecule has 5 heterocycles. The van der Waals surface area contributed by atoms with Crippen molar-refractivity contribution in [3.8, 4) is 5.75 Å². The quantitative estimate of drug-likeness (QED) is 0.233. The lowest BCUT2D eigenvalue weighted by Gasteiger charge is -2.23. The molecule has 7 rings (SSSR count). The summed E-state index contributed by atoms with van der Waals surface area (Å²) < 4.78 is 15.8. The highest BCUT2D eigenvalue weighted by Crippen LogP contribution is 2.37. The maximum atomic E-state index is 13.2. The number of hydrogen-bond donors (Lipinski definition) is 1. The van der Waals surface area contributed by atoms with Gasteiger partial charge in [-0.05, 0) is 99.4 Å². The number of esters is 1. The zero-order valence-corrected chi connectivity index (χ0v) is 29.8. The number of aryl methyl sites for hydroxylation is 6. The molecule has 0 spiro atoms. The topological polar surface area (TPSA) is 89.2 Å². The number of carbonyl (C=O) groups excluding carboxylic acids is 1. The van der Waals surface area contributed by atoms with Gasteiger partial charge < -0.3 is 19.4 Å². The first-order valence-electron chi connectivity index (χ1n) is 17.4. The molecule has 0 atom stereocenters. The largest absolute Gasteiger partial charge is 0.491 e. The zero-order chi connectivity index (χ0) is 34.1. The van der Waals surface area contributed by atoms with Crippen LogP contribution in [0.2, 0.25) is 5.02 Å². The highest BCUT2D eigenvalue weighted by atomic mass is 35.5. The van der Waals surface area contributed by atoms with Crippen molar-refractivity contribution in [2.45, 2.75) is 57.9 Å². The zero-order valence-electron chi connectivity index (χ0n) is 29.0. The summed E-state index contributed by atoms with van der Waals surface area (Å²) in [6.45, 7) is 3.74. The van der Waals surface area contributed by atoms with E-state index in [0.717, 1.165) is 109 Å². The van der Waals surface area contributed by atoms with E-state index >= 15 is 0 Å². The molecule has 3 aliphatic rings. The van der Waals surface area contributed by atoms with Crippen LogP contribution in [0, 0.1) is 0 Å². The molecule has 11 heteroatoms. The number of hydrazone groups is 1. The number of halogens is 1. The normalized spacial score (nSPS) is 19.3. The number of benzene rings is 2. The third kappa shape index (κ3) is 6.81. The van der Waals surface area contributed by atoms with Crippen molar-refractivity contribution in [1.82, 2.24) is 24.3 Å². The van der Waals surface area contributed by atoms with E-state index in [0.29, 0.717) is 30.3 Å². The molecule has 0 unspecified atom stereocenters. The molecule has 2 aromatic carbocycles. The molecule has 1 fully saturated rings. The smallest absolute Gasteiger partial charge is 0.354 e. The van der Waals surface area contributed by atoms with E-state index in [9.17, 15) is 4.79 Å². The second-order valence-electron chi connectivity index (χ2n) is 13.5. The van der Waals surface area contributed by atoms with Gasteiger partial charge in [0.15, 0.2) is 0 Å². The molecule has 8 bridgehead atoms. The fourth-order valence-corrected chi connectivity index (χ4v) is 7.80. The molecule has 49 heavy (non-hydrogen) atoms. The van der Waals surface area contributed by atoms with Crippen molar-refractivity contribution >= 4 is 46.5 Å². The lowest BCUT2D eigenvalue weighted by Crippen LogP contribution is -2.21. The van der Waals surface area contributed by atoms with Crippen LogP contribution in [0.1, 0.15) is 69.8 Å². The molecule has 258 valence electrons. The minimum atomic E-state index is -0.357. The van der Waals surface area contributed by atoms with Crippen LogP contribution in [0.4, 0.5) is 5.69 Å². The van der Waals surface area contributed by atoms with Gasteiger partial charge >= 0.3 is 5.97 Å². The number of carbonyl (C=O) groups is 1. The second kappa shape index (κ2) is 14.3. The number of aromatic nitrogens is 3. The molecular formula is C38H46ClN7O3. The van der Waals surface area contributed by atoms with Gasteiger partial charge in [0.2, 0.25) is 0 Å². The predicted molar refractivity (Wildman–Crippen MR) is 196 cm³/mol. The Morgan fingerprint density at radius 2 is 1.90 bits per heavy atom. The average Bonchev–Trinajstić information content (AvgIpc) is 3.77. The third-order valence-electron chi connectivity index (χ3n) is 10.0. The summed E-state index contributed by atoms with van der Waals surface area (Å²) in [5, 5.41) is 17.0. The van der Waals surface area contributed by atoms with Crippen molar-refractivity contribution in [1.29, 1.82) is 0 Å². The SMILES string of the molecule is COC(=O)c1c2c3ccc(Cl)c(c3n1C)/C=C1\CCCN1/N=C/CN(C)Cc1cc(n(C)n1)CCc1cc3c(c(c1)OCCC2)NCCC3. The number of anilines is 1. The molecular weight excluding hydrogens is 638 g/mol. The van der Waals surface area contributed by atoms with E-state index < -0.39 is 0 Å². The fourth-order valence-electron chi connectivity index (χ4n) is 7.59. The van der Waals surface area contributed by atoms with Gasteiger partial charge in [-0.2, -0.15) is 10.2 Å². The first-order valence-corrected chi connectivity index (χ1v) is 17.8. The lowest BCUT2D eigenvalue weighted by atomic mass is 9.97. The molecule has 10 nitrogen and oxygen atoms in total. The number of ether oxygens (including phenoxy) is 2. The lowest BCUT2D eigenvalue weighted by molar-refractivity contribution is 0.0589. The van der Waals surface area contributed by atoms with Gasteiger partial charge in [0, 0.05) is 73.9 Å². The van der Waals surface area contributed by atoms with Crippen LogP contribution < -0.4 is 10.1 Å². The van der Waals surface area contributed by atoms with Gasteiger partial charge in [-0.15, -0.1) is 0 Å². The van der Waals surface area contributed by atoms with E-state index in [1.807, 2.05) is 41.7 Å². The number of nitrogens with zero attached hydrogens (tertiary/aromatic N) is 6. The van der Waals surface area contributed by atoms with Crippen LogP contribution in [0.5, 0.6) is 5.75 Å². The number of rotatable bonds is 1. The minimum absolute atomic E-state index is 0.357. The van der Waals surface area contributed by atoms with Crippen LogP contribution in [0.25, 0.3) is 17.0 Å². The number of fused-ring (bicyclic) bond motifs is 7. The maximum absolute atomic E-state index is 13.2. The summed E-state index contributed by atoms with van der Waals surface area (Å²) in [4.78, 5) is 15.5. The van der Waals surface area contributed by atoms with Crippen molar-refractivity contribution in [3.63, 3.8) is 0 Å². The first-order chi connectivity index (χ1) is 23.8. The van der Waals surface area contributed by atoms with E-state index in [1.54, 1.807) is 0 Å². The van der Waals surface area contributed by atoms with Gasteiger partial charge in [0.25, 0.3) is 0 Å². The van der Waals surface area contributed by atoms with Crippen molar-refractivity contribution in [2.24, 2.45) is 19.2 Å². The van der Waals surface area contributed by atoms with Gasteiger partial charge in [0.1, 0.15) is 11.4 Å². The van der Waals surface area contributed by atoms with Crippen LogP contribution in [0.3, 0.4) is 0 Å². The van der Waals surface area contributed by atoms with Gasteiger partial charge in [-0.3, -0.25) is 14.6 Å². The van der Waals surface area contributed by atoms with E-state index in [2.05, 4.69) is 46.5 Å². The Kier molecular flexibility index (Phi) is 9.69. The number of methoxy groups -OCH3 is 1. The van der Waals surface area contributed by atoms with Crippen LogP contribution in [0.15, 0.2) is 41.1 Å². The molecule has 0 saturated carbocycles. The van der Waals surface area contributed by atoms with Crippen molar-refractivity contribution in [2.75, 3.05) is 45.7 Å². The first kappa shape index (κ1) is 33.2. The van der Waals surface area contributed by atoms with Crippen molar-refractivity contribution < 1.29 is 14.3 Å². The molecule has 1 saturated heterocycles. The summed E-state index contributed by atoms with van der Waals surface area (Å²) >= 11 is 6.91. The standard InChI is InChI=1S/C38H46ClN7O3/c1-43-18-16-41-46-17-6-9-29(46)23-32-33(39)14-13-31-30(37(38(47)48-4)44(2)36(31)32)10-7-19-49-34-21-25(20-26-8-5-15-40-35(26)34)11-12-28-22-27(24-43)42-45(28)3/h13-14,16,20-23,40H,5-12,15,17-19,24H2,1-4H3/b29-23+,41-16+. The predicted octanol–water partition coefficient (Wildman–Crippen LogP) is 6.37. The molecule has 2 aromatic heterocycles. The third-order valence-corrected chi connectivity index (χ3v) is 10.3. The van der Waals surface area contributed by atoms with E-state index in [4.69, 9.17) is 31.3 Å². The van der Waals surface area contributed by atoms with Crippen LogP contribution >= 0.6 is 11.6 Å². The van der Waals surface area contributed by atoms with E-state index in [1.165, 1.54) is 23.9 Å². The number of allylic oxidation sites excluding steroid dienone is 1. The fraction of sp³-hybridized carbons (Fsp3) is 0.447. The summed E-state index contributed by atoms with van der Waals surface area (Å²) in [7, 11) is 7.49. The summed E-state index contributed by atoms with van der Waals surface area (Å²) in [5.41, 5.74) is 10.4. The summed E-state index contributed by atoms with van der Waals surface area (Å²) in [6.07, 6.45) is 11.4. The van der Waals surface area contributed by atoms with Crippen LogP contribution in [-0.2, 0) is 51.1 Å². The Hall–Kier alpha value is -4.28. The maximum Gasteiger partial charge on any atom is 0.354 e. The van der Waals surface area contributed by atoms with Crippen molar-refractivity contribution in [3.05, 3.63) is 80.4 Å². The molecule has 0 amide bonds. The number of hydrogen-bond acceptors (Lipinski definition) is 8. The van der Waals surface area contributed by atoms with Crippen LogP contribution in [-0.4, -0.2) is 76.8 Å². The Bertz CT molecular complexity index is 1940. The van der Waals surface area contributed by atoms with E-state index in [-0.39, 0.29) is 5.97 Å². The molecule has 4 aromatic rings. The molecule has 0 radical (unpaired) electrons. The highest BCUT2D eigenvalue weighted by Gasteiger charge is 2.25. The monoisotopic (exact) mass is 683 g/mol.